The topological polar surface area (TPSA) is 34.1 Å². The zero-order valence-electron chi connectivity index (χ0n) is 9.44. The quantitative estimate of drug-likeness (QED) is 0.776. The SMILES string of the molecule is COCCNCc1ccnc2ccccc12. The van der Waals surface area contributed by atoms with Crippen LogP contribution in [0.3, 0.4) is 0 Å². The number of para-hydroxylation sites is 1. The van der Waals surface area contributed by atoms with Crippen molar-refractivity contribution in [3.63, 3.8) is 0 Å². The molecule has 0 aliphatic rings. The van der Waals surface area contributed by atoms with E-state index in [-0.39, 0.29) is 0 Å². The molecule has 2 aromatic rings. The fourth-order valence-electron chi connectivity index (χ4n) is 1.71. The fraction of sp³-hybridized carbons (Fsp3) is 0.308. The minimum absolute atomic E-state index is 0.739. The summed E-state index contributed by atoms with van der Waals surface area (Å²) in [5, 5.41) is 4.56. The molecule has 1 aromatic carbocycles. The highest BCUT2D eigenvalue weighted by molar-refractivity contribution is 5.81. The number of rotatable bonds is 5. The summed E-state index contributed by atoms with van der Waals surface area (Å²) in [6, 6.07) is 10.3. The Balaban J connectivity index is 2.11. The lowest BCUT2D eigenvalue weighted by atomic mass is 10.1. The van der Waals surface area contributed by atoms with Gasteiger partial charge in [-0.15, -0.1) is 0 Å². The van der Waals surface area contributed by atoms with Crippen LogP contribution in [0.1, 0.15) is 5.56 Å². The molecule has 3 nitrogen and oxygen atoms in total. The molecule has 0 radical (unpaired) electrons. The minimum atomic E-state index is 0.739. The monoisotopic (exact) mass is 216 g/mol. The Bertz CT molecular complexity index is 451. The van der Waals surface area contributed by atoms with Gasteiger partial charge in [0.2, 0.25) is 0 Å². The molecule has 0 fully saturated rings. The number of nitrogens with zero attached hydrogens (tertiary/aromatic N) is 1. The molecule has 2 rings (SSSR count). The van der Waals surface area contributed by atoms with Crippen molar-refractivity contribution in [2.24, 2.45) is 0 Å². The number of benzene rings is 1. The largest absolute Gasteiger partial charge is 0.383 e. The van der Waals surface area contributed by atoms with Crippen LogP contribution in [0.15, 0.2) is 36.5 Å². The first kappa shape index (κ1) is 11.0. The molecule has 1 aromatic heterocycles. The lowest BCUT2D eigenvalue weighted by molar-refractivity contribution is 0.199. The lowest BCUT2D eigenvalue weighted by Gasteiger charge is -2.07. The molecule has 0 saturated carbocycles. The highest BCUT2D eigenvalue weighted by atomic mass is 16.5. The van der Waals surface area contributed by atoms with Gasteiger partial charge in [-0.1, -0.05) is 18.2 Å². The Kier molecular flexibility index (Phi) is 3.86. The van der Waals surface area contributed by atoms with Crippen molar-refractivity contribution < 1.29 is 4.74 Å². The molecule has 0 saturated heterocycles. The van der Waals surface area contributed by atoms with E-state index in [1.807, 2.05) is 24.4 Å². The normalized spacial score (nSPS) is 10.8. The molecule has 1 N–H and O–H groups in total. The zero-order valence-corrected chi connectivity index (χ0v) is 9.44. The first-order valence-electron chi connectivity index (χ1n) is 5.44. The highest BCUT2D eigenvalue weighted by Gasteiger charge is 1.99. The van der Waals surface area contributed by atoms with E-state index in [9.17, 15) is 0 Å². The van der Waals surface area contributed by atoms with E-state index in [1.54, 1.807) is 7.11 Å². The van der Waals surface area contributed by atoms with Crippen LogP contribution in [0.25, 0.3) is 10.9 Å². The van der Waals surface area contributed by atoms with E-state index >= 15 is 0 Å². The van der Waals surface area contributed by atoms with Gasteiger partial charge in [0, 0.05) is 31.8 Å². The maximum Gasteiger partial charge on any atom is 0.0705 e. The van der Waals surface area contributed by atoms with Gasteiger partial charge in [0.05, 0.1) is 12.1 Å². The molecule has 3 heteroatoms. The number of fused-ring (bicyclic) bond motifs is 1. The Morgan fingerprint density at radius 1 is 1.25 bits per heavy atom. The van der Waals surface area contributed by atoms with Crippen molar-refractivity contribution in [3.05, 3.63) is 42.1 Å². The van der Waals surface area contributed by atoms with Crippen LogP contribution in [0, 0.1) is 0 Å². The van der Waals surface area contributed by atoms with E-state index in [0.717, 1.165) is 25.2 Å². The second-order valence-corrected chi connectivity index (χ2v) is 3.66. The number of pyridine rings is 1. The average molecular weight is 216 g/mol. The Hall–Kier alpha value is -1.45. The van der Waals surface area contributed by atoms with Crippen molar-refractivity contribution in [2.75, 3.05) is 20.3 Å². The van der Waals surface area contributed by atoms with E-state index in [4.69, 9.17) is 4.74 Å². The summed E-state index contributed by atoms with van der Waals surface area (Å²) < 4.78 is 4.99. The van der Waals surface area contributed by atoms with Gasteiger partial charge >= 0.3 is 0 Å². The lowest BCUT2D eigenvalue weighted by Crippen LogP contribution is -2.18. The van der Waals surface area contributed by atoms with Crippen LogP contribution in [0.2, 0.25) is 0 Å². The summed E-state index contributed by atoms with van der Waals surface area (Å²) in [5.74, 6) is 0. The maximum absolute atomic E-state index is 4.99. The third-order valence-electron chi connectivity index (χ3n) is 2.54. The molecule has 84 valence electrons. The predicted molar refractivity (Wildman–Crippen MR) is 65.3 cm³/mol. The molecule has 16 heavy (non-hydrogen) atoms. The smallest absolute Gasteiger partial charge is 0.0705 e. The van der Waals surface area contributed by atoms with Crippen molar-refractivity contribution in [1.29, 1.82) is 0 Å². The average Bonchev–Trinajstić information content (AvgIpc) is 2.35. The number of methoxy groups -OCH3 is 1. The van der Waals surface area contributed by atoms with Crippen molar-refractivity contribution in [1.82, 2.24) is 10.3 Å². The van der Waals surface area contributed by atoms with Crippen molar-refractivity contribution in [2.45, 2.75) is 6.54 Å². The Morgan fingerprint density at radius 2 is 2.12 bits per heavy atom. The second kappa shape index (κ2) is 5.58. The second-order valence-electron chi connectivity index (χ2n) is 3.66. The number of hydrogen-bond acceptors (Lipinski definition) is 3. The van der Waals surface area contributed by atoms with Crippen LogP contribution in [-0.4, -0.2) is 25.2 Å². The Labute approximate surface area is 95.5 Å². The van der Waals surface area contributed by atoms with Gasteiger partial charge in [0.1, 0.15) is 0 Å². The zero-order chi connectivity index (χ0) is 11.2. The third kappa shape index (κ3) is 2.56. The highest BCUT2D eigenvalue weighted by Crippen LogP contribution is 2.15. The predicted octanol–water partition coefficient (Wildman–Crippen LogP) is 1.97. The summed E-state index contributed by atoms with van der Waals surface area (Å²) in [4.78, 5) is 4.33. The molecule has 1 heterocycles. The van der Waals surface area contributed by atoms with E-state index in [0.29, 0.717) is 0 Å². The summed E-state index contributed by atoms with van der Waals surface area (Å²) in [5.41, 5.74) is 2.33. The van der Waals surface area contributed by atoms with Gasteiger partial charge in [-0.2, -0.15) is 0 Å². The number of nitrogens with one attached hydrogen (secondary N) is 1. The molecular weight excluding hydrogens is 200 g/mol. The first-order valence-corrected chi connectivity index (χ1v) is 5.44. The molecule has 0 aliphatic heterocycles. The van der Waals surface area contributed by atoms with Crippen LogP contribution in [-0.2, 0) is 11.3 Å². The summed E-state index contributed by atoms with van der Waals surface area (Å²) in [6.45, 7) is 2.46. The van der Waals surface area contributed by atoms with E-state index < -0.39 is 0 Å². The summed E-state index contributed by atoms with van der Waals surface area (Å²) in [7, 11) is 1.71. The molecule has 0 spiro atoms. The van der Waals surface area contributed by atoms with Crippen LogP contribution < -0.4 is 5.32 Å². The number of hydrogen-bond donors (Lipinski definition) is 1. The van der Waals surface area contributed by atoms with Gasteiger partial charge in [-0.3, -0.25) is 4.98 Å². The standard InChI is InChI=1S/C13H16N2O/c1-16-9-8-14-10-11-6-7-15-13-5-3-2-4-12(11)13/h2-7,14H,8-10H2,1H3. The molecule has 0 unspecified atom stereocenters. The van der Waals surface area contributed by atoms with Gasteiger partial charge in [-0.25, -0.2) is 0 Å². The first-order chi connectivity index (χ1) is 7.92. The number of ether oxygens (including phenoxy) is 1. The Morgan fingerprint density at radius 3 is 3.00 bits per heavy atom. The minimum Gasteiger partial charge on any atom is -0.383 e. The van der Waals surface area contributed by atoms with Crippen molar-refractivity contribution in [3.8, 4) is 0 Å². The molecular formula is C13H16N2O. The molecule has 0 amide bonds. The van der Waals surface area contributed by atoms with E-state index in [1.165, 1.54) is 10.9 Å². The van der Waals surface area contributed by atoms with E-state index in [2.05, 4.69) is 22.4 Å². The maximum atomic E-state index is 4.99. The molecule has 0 bridgehead atoms. The summed E-state index contributed by atoms with van der Waals surface area (Å²) >= 11 is 0. The molecule has 0 atom stereocenters. The van der Waals surface area contributed by atoms with Crippen molar-refractivity contribution >= 4 is 10.9 Å². The third-order valence-corrected chi connectivity index (χ3v) is 2.54. The van der Waals surface area contributed by atoms with Crippen LogP contribution in [0.4, 0.5) is 0 Å². The fourth-order valence-corrected chi connectivity index (χ4v) is 1.71. The van der Waals surface area contributed by atoms with Gasteiger partial charge in [-0.05, 0) is 17.7 Å². The summed E-state index contributed by atoms with van der Waals surface area (Å²) in [6.07, 6.45) is 1.86. The van der Waals surface area contributed by atoms with Crippen LogP contribution in [0.5, 0.6) is 0 Å². The van der Waals surface area contributed by atoms with Gasteiger partial charge in [0.15, 0.2) is 0 Å². The van der Waals surface area contributed by atoms with Crippen LogP contribution >= 0.6 is 0 Å². The number of aromatic nitrogens is 1. The van der Waals surface area contributed by atoms with Gasteiger partial charge < -0.3 is 10.1 Å². The van der Waals surface area contributed by atoms with Gasteiger partial charge in [0.25, 0.3) is 0 Å². The molecule has 0 aliphatic carbocycles.